The molecule has 0 saturated carbocycles. The van der Waals surface area contributed by atoms with Crippen molar-refractivity contribution in [1.29, 1.82) is 0 Å². The van der Waals surface area contributed by atoms with Crippen molar-refractivity contribution in [3.05, 3.63) is 57.0 Å². The number of halogens is 4. The highest BCUT2D eigenvalue weighted by atomic mass is 79.9. The molecule has 1 aromatic heterocycles. The zero-order valence-electron chi connectivity index (χ0n) is 10.8. The first-order chi connectivity index (χ1) is 10.1. The Hall–Kier alpha value is -0.910. The Labute approximate surface area is 143 Å². The van der Waals surface area contributed by atoms with Crippen molar-refractivity contribution in [3.63, 3.8) is 0 Å². The zero-order valence-corrected chi connectivity index (χ0v) is 14.7. The molecule has 1 heterocycles. The molecule has 0 amide bonds. The molecule has 21 heavy (non-hydrogen) atoms. The Morgan fingerprint density at radius 3 is 2.71 bits per heavy atom. The number of para-hydroxylation sites is 1. The van der Waals surface area contributed by atoms with E-state index in [9.17, 15) is 4.39 Å². The standard InChI is InChI=1S/C15H10Br2ClFN2/c16-9-4-5-13-12(8-9)20-14(6-7-18)21(13)15-10(17)2-1-3-11(15)19/h1-5,8H,6-7H2. The molecular weight excluding hydrogens is 422 g/mol. The summed E-state index contributed by atoms with van der Waals surface area (Å²) in [4.78, 5) is 4.58. The molecule has 2 nitrogen and oxygen atoms in total. The molecule has 0 unspecified atom stereocenters. The number of imidazole rings is 1. The van der Waals surface area contributed by atoms with Gasteiger partial charge in [0.15, 0.2) is 0 Å². The van der Waals surface area contributed by atoms with Gasteiger partial charge in [-0.25, -0.2) is 9.37 Å². The molecule has 2 aromatic carbocycles. The fourth-order valence-electron chi connectivity index (χ4n) is 2.31. The highest BCUT2D eigenvalue weighted by Crippen LogP contribution is 2.30. The Morgan fingerprint density at radius 2 is 2.00 bits per heavy atom. The number of fused-ring (bicyclic) bond motifs is 1. The predicted octanol–water partition coefficient (Wildman–Crippen LogP) is 5.47. The van der Waals surface area contributed by atoms with Crippen LogP contribution in [0.25, 0.3) is 16.7 Å². The minimum Gasteiger partial charge on any atom is -0.292 e. The summed E-state index contributed by atoms with van der Waals surface area (Å²) in [6, 6.07) is 10.7. The zero-order chi connectivity index (χ0) is 15.0. The molecule has 0 bridgehead atoms. The number of nitrogens with zero attached hydrogens (tertiary/aromatic N) is 2. The van der Waals surface area contributed by atoms with E-state index in [1.165, 1.54) is 6.07 Å². The molecule has 0 fully saturated rings. The maximum absolute atomic E-state index is 14.3. The van der Waals surface area contributed by atoms with Gasteiger partial charge in [-0.3, -0.25) is 4.57 Å². The summed E-state index contributed by atoms with van der Waals surface area (Å²) in [5, 5.41) is 0. The van der Waals surface area contributed by atoms with Gasteiger partial charge in [0, 0.05) is 21.2 Å². The van der Waals surface area contributed by atoms with Crippen LogP contribution in [0, 0.1) is 5.82 Å². The monoisotopic (exact) mass is 430 g/mol. The number of rotatable bonds is 3. The van der Waals surface area contributed by atoms with Gasteiger partial charge in [0.25, 0.3) is 0 Å². The minimum atomic E-state index is -0.303. The van der Waals surface area contributed by atoms with Gasteiger partial charge in [0.1, 0.15) is 11.6 Å². The number of benzene rings is 2. The van der Waals surface area contributed by atoms with Gasteiger partial charge < -0.3 is 0 Å². The molecule has 3 aromatic rings. The average Bonchev–Trinajstić information content (AvgIpc) is 2.77. The molecule has 0 aliphatic carbocycles. The second-order valence-corrected chi connectivity index (χ2v) is 6.65. The number of hydrogen-bond donors (Lipinski definition) is 0. The third kappa shape index (κ3) is 2.74. The van der Waals surface area contributed by atoms with Gasteiger partial charge >= 0.3 is 0 Å². The maximum atomic E-state index is 14.3. The molecule has 108 valence electrons. The summed E-state index contributed by atoms with van der Waals surface area (Å²) in [5.74, 6) is 0.864. The molecule has 0 radical (unpaired) electrons. The quantitative estimate of drug-likeness (QED) is 0.502. The van der Waals surface area contributed by atoms with Crippen LogP contribution >= 0.6 is 43.5 Å². The predicted molar refractivity (Wildman–Crippen MR) is 90.9 cm³/mol. The third-order valence-corrected chi connectivity index (χ3v) is 4.49. The molecule has 0 spiro atoms. The van der Waals surface area contributed by atoms with Gasteiger partial charge in [-0.15, -0.1) is 11.6 Å². The topological polar surface area (TPSA) is 17.8 Å². The second-order valence-electron chi connectivity index (χ2n) is 4.51. The Morgan fingerprint density at radius 1 is 1.19 bits per heavy atom. The normalized spacial score (nSPS) is 11.2. The Kier molecular flexibility index (Phi) is 4.33. The molecule has 0 N–H and O–H groups in total. The van der Waals surface area contributed by atoms with Crippen molar-refractivity contribution in [2.75, 3.05) is 5.88 Å². The first kappa shape index (κ1) is 15.0. The van der Waals surface area contributed by atoms with E-state index in [4.69, 9.17) is 11.6 Å². The van der Waals surface area contributed by atoms with Crippen LogP contribution < -0.4 is 0 Å². The van der Waals surface area contributed by atoms with Crippen LogP contribution in [0.2, 0.25) is 0 Å². The van der Waals surface area contributed by atoms with Crippen LogP contribution in [0.5, 0.6) is 0 Å². The van der Waals surface area contributed by atoms with E-state index in [1.807, 2.05) is 28.8 Å². The van der Waals surface area contributed by atoms with Crippen molar-refractivity contribution >= 4 is 54.5 Å². The van der Waals surface area contributed by atoms with Gasteiger partial charge in [-0.2, -0.15) is 0 Å². The Balaban J connectivity index is 2.36. The van der Waals surface area contributed by atoms with Gasteiger partial charge in [0.2, 0.25) is 0 Å². The van der Waals surface area contributed by atoms with E-state index in [0.29, 0.717) is 22.5 Å². The summed E-state index contributed by atoms with van der Waals surface area (Å²) in [6.45, 7) is 0. The highest BCUT2D eigenvalue weighted by Gasteiger charge is 2.17. The summed E-state index contributed by atoms with van der Waals surface area (Å²) in [6.07, 6.45) is 0.564. The van der Waals surface area contributed by atoms with E-state index < -0.39 is 0 Å². The number of aromatic nitrogens is 2. The van der Waals surface area contributed by atoms with Crippen LogP contribution in [0.4, 0.5) is 4.39 Å². The van der Waals surface area contributed by atoms with Crippen molar-refractivity contribution in [2.45, 2.75) is 6.42 Å². The summed E-state index contributed by atoms with van der Waals surface area (Å²) >= 11 is 12.7. The molecule has 6 heteroatoms. The number of hydrogen-bond acceptors (Lipinski definition) is 1. The highest BCUT2D eigenvalue weighted by molar-refractivity contribution is 9.10. The molecule has 0 atom stereocenters. The van der Waals surface area contributed by atoms with E-state index in [2.05, 4.69) is 36.8 Å². The first-order valence-electron chi connectivity index (χ1n) is 6.29. The van der Waals surface area contributed by atoms with Crippen LogP contribution in [-0.2, 0) is 6.42 Å². The summed E-state index contributed by atoms with van der Waals surface area (Å²) < 4.78 is 17.8. The van der Waals surface area contributed by atoms with Crippen molar-refractivity contribution in [3.8, 4) is 5.69 Å². The second kappa shape index (κ2) is 6.07. The number of aryl methyl sites for hydroxylation is 1. The molecule has 0 aliphatic rings. The molecule has 0 saturated heterocycles. The lowest BCUT2D eigenvalue weighted by Crippen LogP contribution is -2.05. The van der Waals surface area contributed by atoms with Gasteiger partial charge in [-0.05, 0) is 46.3 Å². The number of alkyl halides is 1. The third-order valence-electron chi connectivity index (χ3n) is 3.17. The lowest BCUT2D eigenvalue weighted by atomic mass is 10.2. The Bertz CT molecular complexity index is 797. The van der Waals surface area contributed by atoms with Crippen LogP contribution in [-0.4, -0.2) is 15.4 Å². The van der Waals surface area contributed by atoms with Crippen LogP contribution in [0.3, 0.4) is 0 Å². The van der Waals surface area contributed by atoms with Gasteiger partial charge in [-0.1, -0.05) is 22.0 Å². The van der Waals surface area contributed by atoms with Crippen LogP contribution in [0.1, 0.15) is 5.82 Å². The maximum Gasteiger partial charge on any atom is 0.148 e. The van der Waals surface area contributed by atoms with E-state index >= 15 is 0 Å². The minimum absolute atomic E-state index is 0.303. The fourth-order valence-corrected chi connectivity index (χ4v) is 3.35. The lowest BCUT2D eigenvalue weighted by Gasteiger charge is -2.11. The van der Waals surface area contributed by atoms with E-state index in [-0.39, 0.29) is 5.82 Å². The smallest absolute Gasteiger partial charge is 0.148 e. The molecule has 0 aliphatic heterocycles. The van der Waals surface area contributed by atoms with Crippen molar-refractivity contribution in [1.82, 2.24) is 9.55 Å². The molecular formula is C15H10Br2ClFN2. The summed E-state index contributed by atoms with van der Waals surface area (Å²) in [5.41, 5.74) is 2.12. The largest absolute Gasteiger partial charge is 0.292 e. The first-order valence-corrected chi connectivity index (χ1v) is 8.41. The van der Waals surface area contributed by atoms with Crippen molar-refractivity contribution < 1.29 is 4.39 Å². The molecule has 3 rings (SSSR count). The average molecular weight is 433 g/mol. The van der Waals surface area contributed by atoms with Crippen LogP contribution in [0.15, 0.2) is 45.3 Å². The van der Waals surface area contributed by atoms with Crippen molar-refractivity contribution in [2.24, 2.45) is 0 Å². The van der Waals surface area contributed by atoms with E-state index in [1.54, 1.807) is 6.07 Å². The van der Waals surface area contributed by atoms with E-state index in [0.717, 1.165) is 21.3 Å². The summed E-state index contributed by atoms with van der Waals surface area (Å²) in [7, 11) is 0. The lowest BCUT2D eigenvalue weighted by molar-refractivity contribution is 0.616. The van der Waals surface area contributed by atoms with Gasteiger partial charge in [0.05, 0.1) is 16.7 Å². The fraction of sp³-hybridized carbons (Fsp3) is 0.133. The SMILES string of the molecule is Fc1cccc(Br)c1-n1c(CCCl)nc2cc(Br)ccc21.